The molecule has 0 fully saturated rings. The first-order valence-corrected chi connectivity index (χ1v) is 5.13. The van der Waals surface area contributed by atoms with Crippen molar-refractivity contribution in [3.8, 4) is 5.88 Å². The second kappa shape index (κ2) is 6.01. The summed E-state index contributed by atoms with van der Waals surface area (Å²) < 4.78 is 5.39. The second-order valence-electron chi connectivity index (χ2n) is 3.28. The Morgan fingerprint density at radius 2 is 2.33 bits per heavy atom. The van der Waals surface area contributed by atoms with Gasteiger partial charge in [-0.05, 0) is 18.6 Å². The molecule has 1 aromatic heterocycles. The van der Waals surface area contributed by atoms with Gasteiger partial charge in [-0.25, -0.2) is 4.98 Å². The number of unbranched alkanes of at least 4 members (excludes halogenated alkanes) is 2. The highest BCUT2D eigenvalue weighted by Gasteiger charge is 2.09. The lowest BCUT2D eigenvalue weighted by Crippen LogP contribution is -2.14. The highest BCUT2D eigenvalue weighted by molar-refractivity contribution is 5.94. The standard InChI is InChI=1S/C11H16N2O2/c1-2-3-4-8-15-11-9(10(12)14)6-5-7-13-11/h5-7H,2-4,8H2,1H3,(H2,12,14). The van der Waals surface area contributed by atoms with E-state index in [0.717, 1.165) is 19.3 Å². The molecule has 0 aromatic carbocycles. The molecule has 0 aliphatic rings. The Morgan fingerprint density at radius 3 is 3.00 bits per heavy atom. The van der Waals surface area contributed by atoms with Crippen molar-refractivity contribution in [1.29, 1.82) is 0 Å². The summed E-state index contributed by atoms with van der Waals surface area (Å²) in [6.45, 7) is 2.70. The lowest BCUT2D eigenvalue weighted by atomic mass is 10.2. The summed E-state index contributed by atoms with van der Waals surface area (Å²) in [4.78, 5) is 15.0. The van der Waals surface area contributed by atoms with Crippen molar-refractivity contribution in [1.82, 2.24) is 4.98 Å². The number of amides is 1. The maximum absolute atomic E-state index is 11.0. The molecule has 1 aromatic rings. The summed E-state index contributed by atoms with van der Waals surface area (Å²) in [7, 11) is 0. The van der Waals surface area contributed by atoms with Gasteiger partial charge in [0.05, 0.1) is 6.61 Å². The van der Waals surface area contributed by atoms with Crippen molar-refractivity contribution in [2.45, 2.75) is 26.2 Å². The number of pyridine rings is 1. The molecule has 0 unspecified atom stereocenters. The molecule has 0 saturated carbocycles. The average molecular weight is 208 g/mol. The zero-order valence-electron chi connectivity index (χ0n) is 8.90. The van der Waals surface area contributed by atoms with Crippen LogP contribution in [0, 0.1) is 0 Å². The molecule has 0 aliphatic carbocycles. The SMILES string of the molecule is CCCCCOc1ncccc1C(N)=O. The van der Waals surface area contributed by atoms with Crippen molar-refractivity contribution in [2.75, 3.05) is 6.61 Å². The van der Waals surface area contributed by atoms with Crippen LogP contribution in [0.3, 0.4) is 0 Å². The van der Waals surface area contributed by atoms with Crippen molar-refractivity contribution in [2.24, 2.45) is 5.73 Å². The quantitative estimate of drug-likeness (QED) is 0.724. The number of primary amides is 1. The predicted octanol–water partition coefficient (Wildman–Crippen LogP) is 1.75. The molecular weight excluding hydrogens is 192 g/mol. The van der Waals surface area contributed by atoms with Crippen molar-refractivity contribution < 1.29 is 9.53 Å². The number of hydrogen-bond donors (Lipinski definition) is 1. The van der Waals surface area contributed by atoms with E-state index in [1.807, 2.05) is 0 Å². The maximum atomic E-state index is 11.0. The Hall–Kier alpha value is -1.58. The average Bonchev–Trinajstić information content (AvgIpc) is 2.25. The molecule has 82 valence electrons. The first-order chi connectivity index (χ1) is 7.25. The molecule has 4 nitrogen and oxygen atoms in total. The normalized spacial score (nSPS) is 9.93. The van der Waals surface area contributed by atoms with Gasteiger partial charge in [0.1, 0.15) is 5.56 Å². The first kappa shape index (κ1) is 11.5. The molecule has 15 heavy (non-hydrogen) atoms. The lowest BCUT2D eigenvalue weighted by Gasteiger charge is -2.07. The number of carbonyl (C=O) groups is 1. The fourth-order valence-electron chi connectivity index (χ4n) is 1.21. The van der Waals surface area contributed by atoms with Gasteiger partial charge in [0.15, 0.2) is 0 Å². The van der Waals surface area contributed by atoms with E-state index in [9.17, 15) is 4.79 Å². The zero-order valence-corrected chi connectivity index (χ0v) is 8.90. The zero-order chi connectivity index (χ0) is 11.1. The minimum Gasteiger partial charge on any atom is -0.477 e. The summed E-state index contributed by atoms with van der Waals surface area (Å²) in [5.41, 5.74) is 5.53. The highest BCUT2D eigenvalue weighted by Crippen LogP contribution is 2.13. The molecule has 4 heteroatoms. The fraction of sp³-hybridized carbons (Fsp3) is 0.455. The van der Waals surface area contributed by atoms with Gasteiger partial charge in [-0.2, -0.15) is 0 Å². The molecular formula is C11H16N2O2. The number of nitrogens with two attached hydrogens (primary N) is 1. The molecule has 0 atom stereocenters. The summed E-state index contributed by atoms with van der Waals surface area (Å²) in [5.74, 6) is -0.172. The van der Waals surface area contributed by atoms with Gasteiger partial charge in [0, 0.05) is 6.20 Å². The van der Waals surface area contributed by atoms with E-state index in [1.165, 1.54) is 0 Å². The van der Waals surface area contributed by atoms with Crippen LogP contribution in [0.2, 0.25) is 0 Å². The van der Waals surface area contributed by atoms with E-state index < -0.39 is 5.91 Å². The smallest absolute Gasteiger partial charge is 0.254 e. The van der Waals surface area contributed by atoms with Gasteiger partial charge in [0.2, 0.25) is 5.88 Å². The third kappa shape index (κ3) is 3.58. The monoisotopic (exact) mass is 208 g/mol. The van der Waals surface area contributed by atoms with E-state index in [1.54, 1.807) is 18.3 Å². The molecule has 0 bridgehead atoms. The largest absolute Gasteiger partial charge is 0.477 e. The van der Waals surface area contributed by atoms with Gasteiger partial charge in [-0.15, -0.1) is 0 Å². The van der Waals surface area contributed by atoms with Crippen LogP contribution in [0.15, 0.2) is 18.3 Å². The molecule has 0 radical (unpaired) electrons. The van der Waals surface area contributed by atoms with Crippen LogP contribution in [-0.4, -0.2) is 17.5 Å². The number of aromatic nitrogens is 1. The molecule has 0 saturated heterocycles. The van der Waals surface area contributed by atoms with Crippen LogP contribution in [0.5, 0.6) is 5.88 Å². The van der Waals surface area contributed by atoms with Crippen LogP contribution in [-0.2, 0) is 0 Å². The van der Waals surface area contributed by atoms with Crippen molar-refractivity contribution in [3.05, 3.63) is 23.9 Å². The van der Waals surface area contributed by atoms with E-state index in [0.29, 0.717) is 18.1 Å². The van der Waals surface area contributed by atoms with E-state index >= 15 is 0 Å². The van der Waals surface area contributed by atoms with Crippen LogP contribution < -0.4 is 10.5 Å². The third-order valence-electron chi connectivity index (χ3n) is 2.02. The molecule has 1 rings (SSSR count). The van der Waals surface area contributed by atoms with Gasteiger partial charge in [-0.1, -0.05) is 19.8 Å². The number of ether oxygens (including phenoxy) is 1. The van der Waals surface area contributed by atoms with E-state index in [2.05, 4.69) is 11.9 Å². The fourth-order valence-corrected chi connectivity index (χ4v) is 1.21. The highest BCUT2D eigenvalue weighted by atomic mass is 16.5. The molecule has 0 spiro atoms. The van der Waals surface area contributed by atoms with Crippen LogP contribution in [0.25, 0.3) is 0 Å². The molecule has 1 heterocycles. The minimum atomic E-state index is -0.506. The summed E-state index contributed by atoms with van der Waals surface area (Å²) >= 11 is 0. The Labute approximate surface area is 89.5 Å². The van der Waals surface area contributed by atoms with Crippen LogP contribution >= 0.6 is 0 Å². The summed E-state index contributed by atoms with van der Waals surface area (Å²) in [6.07, 6.45) is 4.79. The van der Waals surface area contributed by atoms with Gasteiger partial charge < -0.3 is 10.5 Å². The number of rotatable bonds is 6. The first-order valence-electron chi connectivity index (χ1n) is 5.13. The topological polar surface area (TPSA) is 65.2 Å². The Balaban J connectivity index is 2.56. The molecule has 1 amide bonds. The summed E-state index contributed by atoms with van der Waals surface area (Å²) in [6, 6.07) is 3.28. The van der Waals surface area contributed by atoms with Crippen molar-refractivity contribution in [3.63, 3.8) is 0 Å². The molecule has 0 aliphatic heterocycles. The van der Waals surface area contributed by atoms with Crippen LogP contribution in [0.1, 0.15) is 36.5 Å². The van der Waals surface area contributed by atoms with E-state index in [-0.39, 0.29) is 0 Å². The summed E-state index contributed by atoms with van der Waals surface area (Å²) in [5, 5.41) is 0. The molecule has 2 N–H and O–H groups in total. The van der Waals surface area contributed by atoms with Crippen molar-refractivity contribution >= 4 is 5.91 Å². The number of nitrogens with zero attached hydrogens (tertiary/aromatic N) is 1. The predicted molar refractivity (Wildman–Crippen MR) is 57.8 cm³/mol. The second-order valence-corrected chi connectivity index (χ2v) is 3.28. The third-order valence-corrected chi connectivity index (χ3v) is 2.02. The van der Waals surface area contributed by atoms with Crippen LogP contribution in [0.4, 0.5) is 0 Å². The van der Waals surface area contributed by atoms with E-state index in [4.69, 9.17) is 10.5 Å². The van der Waals surface area contributed by atoms with Gasteiger partial charge in [-0.3, -0.25) is 4.79 Å². The Kier molecular flexibility index (Phi) is 4.60. The lowest BCUT2D eigenvalue weighted by molar-refractivity contribution is 0.0995. The Bertz CT molecular complexity index is 326. The minimum absolute atomic E-state index is 0.334. The van der Waals surface area contributed by atoms with Gasteiger partial charge in [0.25, 0.3) is 5.91 Å². The maximum Gasteiger partial charge on any atom is 0.254 e. The Morgan fingerprint density at radius 1 is 1.53 bits per heavy atom. The number of hydrogen-bond acceptors (Lipinski definition) is 3. The number of carbonyl (C=O) groups excluding carboxylic acids is 1. The van der Waals surface area contributed by atoms with Gasteiger partial charge >= 0.3 is 0 Å².